The molecule has 0 aliphatic heterocycles. The molecule has 1 rings (SSSR count). The number of urea groups is 1. The molecule has 0 saturated carbocycles. The molecule has 2 N–H and O–H groups in total. The van der Waals surface area contributed by atoms with E-state index in [1.165, 1.54) is 0 Å². The lowest BCUT2D eigenvalue weighted by atomic mass is 10.2. The van der Waals surface area contributed by atoms with E-state index in [1.807, 2.05) is 0 Å². The van der Waals surface area contributed by atoms with Crippen LogP contribution in [0.2, 0.25) is 0 Å². The fourth-order valence-corrected chi connectivity index (χ4v) is 1.86. The van der Waals surface area contributed by atoms with Gasteiger partial charge in [-0.05, 0) is 12.0 Å². The van der Waals surface area contributed by atoms with Crippen LogP contribution in [0, 0.1) is 0 Å². The van der Waals surface area contributed by atoms with Crippen molar-refractivity contribution < 1.29 is 27.9 Å². The summed E-state index contributed by atoms with van der Waals surface area (Å²) in [7, 11) is 0. The first-order valence-corrected chi connectivity index (χ1v) is 7.13. The molecule has 128 valence electrons. The van der Waals surface area contributed by atoms with Gasteiger partial charge in [0, 0.05) is 26.1 Å². The summed E-state index contributed by atoms with van der Waals surface area (Å²) in [5, 5.41) is 11.0. The van der Waals surface area contributed by atoms with Gasteiger partial charge in [-0.2, -0.15) is 13.2 Å². The van der Waals surface area contributed by atoms with Crippen LogP contribution < -0.4 is 5.32 Å². The zero-order valence-corrected chi connectivity index (χ0v) is 12.5. The second-order valence-electron chi connectivity index (χ2n) is 5.00. The largest absolute Gasteiger partial charge is 0.481 e. The Hall–Kier alpha value is -2.25. The molecule has 23 heavy (non-hydrogen) atoms. The molecule has 0 heterocycles. The zero-order chi connectivity index (χ0) is 17.3. The molecule has 8 heteroatoms. The summed E-state index contributed by atoms with van der Waals surface area (Å²) in [6.45, 7) is -0.298. The van der Waals surface area contributed by atoms with E-state index in [-0.39, 0.29) is 25.9 Å². The minimum absolute atomic E-state index is 0.0572. The van der Waals surface area contributed by atoms with Gasteiger partial charge in [0.1, 0.15) is 0 Å². The monoisotopic (exact) mass is 332 g/mol. The molecule has 0 radical (unpaired) electrons. The van der Waals surface area contributed by atoms with Gasteiger partial charge in [-0.25, -0.2) is 4.79 Å². The van der Waals surface area contributed by atoms with Crippen LogP contribution in [0.1, 0.15) is 24.8 Å². The van der Waals surface area contributed by atoms with Crippen molar-refractivity contribution in [2.45, 2.75) is 32.0 Å². The first-order valence-electron chi connectivity index (χ1n) is 7.13. The molecule has 5 nitrogen and oxygen atoms in total. The maximum absolute atomic E-state index is 12.4. The Morgan fingerprint density at radius 1 is 1.17 bits per heavy atom. The lowest BCUT2D eigenvalue weighted by molar-refractivity contribution is -0.138. The number of rotatable bonds is 8. The molecule has 0 aromatic heterocycles. The highest BCUT2D eigenvalue weighted by atomic mass is 19.4. The molecule has 0 bridgehead atoms. The maximum Gasteiger partial charge on any atom is 0.390 e. The number of hydrogen-bond donors (Lipinski definition) is 2. The summed E-state index contributed by atoms with van der Waals surface area (Å²) >= 11 is 0. The molecule has 1 aromatic rings. The van der Waals surface area contributed by atoms with Crippen molar-refractivity contribution in [3.8, 4) is 0 Å². The maximum atomic E-state index is 12.4. The number of alkyl halides is 3. The molecular formula is C15H19F3N2O3. The fraction of sp³-hybridized carbons (Fsp3) is 0.467. The minimum atomic E-state index is -4.35. The van der Waals surface area contributed by atoms with E-state index in [1.54, 1.807) is 30.3 Å². The van der Waals surface area contributed by atoms with Crippen molar-refractivity contribution in [3.63, 3.8) is 0 Å². The summed E-state index contributed by atoms with van der Waals surface area (Å²) in [4.78, 5) is 23.5. The molecule has 0 saturated heterocycles. The van der Waals surface area contributed by atoms with Crippen molar-refractivity contribution in [1.29, 1.82) is 0 Å². The second kappa shape index (κ2) is 9.02. The third kappa shape index (κ3) is 8.70. The van der Waals surface area contributed by atoms with Crippen LogP contribution in [0.3, 0.4) is 0 Å². The van der Waals surface area contributed by atoms with E-state index >= 15 is 0 Å². The van der Waals surface area contributed by atoms with Crippen LogP contribution in [-0.2, 0) is 11.3 Å². The summed E-state index contributed by atoms with van der Waals surface area (Å²) in [5.74, 6) is -0.988. The molecule has 2 amide bonds. The fourth-order valence-electron chi connectivity index (χ4n) is 1.86. The SMILES string of the molecule is O=C(O)CCCNC(=O)N(CCC(F)(F)F)Cc1ccccc1. The molecule has 0 atom stereocenters. The van der Waals surface area contributed by atoms with Gasteiger partial charge in [-0.15, -0.1) is 0 Å². The molecule has 1 aromatic carbocycles. The molecule has 0 unspecified atom stereocenters. The lowest BCUT2D eigenvalue weighted by Gasteiger charge is -2.24. The number of nitrogens with zero attached hydrogens (tertiary/aromatic N) is 1. The van der Waals surface area contributed by atoms with Gasteiger partial charge in [-0.1, -0.05) is 30.3 Å². The number of halogens is 3. The average Bonchev–Trinajstić information content (AvgIpc) is 2.47. The first-order chi connectivity index (χ1) is 10.8. The summed E-state index contributed by atoms with van der Waals surface area (Å²) in [5.41, 5.74) is 0.718. The van der Waals surface area contributed by atoms with Gasteiger partial charge in [0.25, 0.3) is 0 Å². The van der Waals surface area contributed by atoms with Crippen molar-refractivity contribution in [2.75, 3.05) is 13.1 Å². The van der Waals surface area contributed by atoms with Gasteiger partial charge >= 0.3 is 18.2 Å². The topological polar surface area (TPSA) is 69.6 Å². The molecule has 0 aliphatic rings. The third-order valence-electron chi connectivity index (χ3n) is 3.01. The van der Waals surface area contributed by atoms with Crippen LogP contribution in [0.5, 0.6) is 0 Å². The van der Waals surface area contributed by atoms with Crippen LogP contribution in [0.4, 0.5) is 18.0 Å². The van der Waals surface area contributed by atoms with Gasteiger partial charge in [0.05, 0.1) is 6.42 Å². The normalized spacial score (nSPS) is 11.1. The van der Waals surface area contributed by atoms with E-state index in [0.29, 0.717) is 0 Å². The standard InChI is InChI=1S/C15H19F3N2O3/c16-15(17,18)8-10-20(11-12-5-2-1-3-6-12)14(23)19-9-4-7-13(21)22/h1-3,5-6H,4,7-11H2,(H,19,23)(H,21,22). The predicted octanol–water partition coefficient (Wildman–Crippen LogP) is 3.02. The van der Waals surface area contributed by atoms with Gasteiger partial charge < -0.3 is 15.3 Å². The zero-order valence-electron chi connectivity index (χ0n) is 12.5. The van der Waals surface area contributed by atoms with Crippen LogP contribution in [-0.4, -0.2) is 41.3 Å². The number of carbonyl (C=O) groups is 2. The molecular weight excluding hydrogens is 313 g/mol. The Labute approximate surface area is 132 Å². The smallest absolute Gasteiger partial charge is 0.390 e. The highest BCUT2D eigenvalue weighted by molar-refractivity contribution is 5.74. The average molecular weight is 332 g/mol. The highest BCUT2D eigenvalue weighted by Crippen LogP contribution is 2.20. The Bertz CT molecular complexity index is 506. The van der Waals surface area contributed by atoms with Crippen molar-refractivity contribution in [3.05, 3.63) is 35.9 Å². The van der Waals surface area contributed by atoms with Gasteiger partial charge in [-0.3, -0.25) is 4.79 Å². The summed E-state index contributed by atoms with van der Waals surface area (Å²) in [6.07, 6.45) is -5.33. The Morgan fingerprint density at radius 2 is 1.83 bits per heavy atom. The van der Waals surface area contributed by atoms with Gasteiger partial charge in [0.2, 0.25) is 0 Å². The summed E-state index contributed by atoms with van der Waals surface area (Å²) < 4.78 is 37.2. The number of carboxylic acid groups (broad SMARTS) is 1. The van der Waals surface area contributed by atoms with Gasteiger partial charge in [0.15, 0.2) is 0 Å². The Morgan fingerprint density at radius 3 is 2.39 bits per heavy atom. The van der Waals surface area contributed by atoms with Crippen molar-refractivity contribution in [2.24, 2.45) is 0 Å². The predicted molar refractivity (Wildman–Crippen MR) is 77.8 cm³/mol. The Balaban J connectivity index is 2.58. The van der Waals surface area contributed by atoms with E-state index in [4.69, 9.17) is 5.11 Å². The minimum Gasteiger partial charge on any atom is -0.481 e. The van der Waals surface area contributed by atoms with E-state index in [9.17, 15) is 22.8 Å². The van der Waals surface area contributed by atoms with Crippen LogP contribution >= 0.6 is 0 Å². The number of benzene rings is 1. The molecule has 0 spiro atoms. The number of carbonyl (C=O) groups excluding carboxylic acids is 1. The number of carboxylic acids is 1. The van der Waals surface area contributed by atoms with E-state index in [0.717, 1.165) is 10.5 Å². The van der Waals surface area contributed by atoms with E-state index in [2.05, 4.69) is 5.32 Å². The van der Waals surface area contributed by atoms with Crippen LogP contribution in [0.15, 0.2) is 30.3 Å². The second-order valence-corrected chi connectivity index (χ2v) is 5.00. The third-order valence-corrected chi connectivity index (χ3v) is 3.01. The van der Waals surface area contributed by atoms with E-state index < -0.39 is 31.1 Å². The number of amides is 2. The number of aliphatic carboxylic acids is 1. The first kappa shape index (κ1) is 18.8. The highest BCUT2D eigenvalue weighted by Gasteiger charge is 2.29. The van der Waals surface area contributed by atoms with Crippen molar-refractivity contribution >= 4 is 12.0 Å². The Kier molecular flexibility index (Phi) is 7.37. The lowest BCUT2D eigenvalue weighted by Crippen LogP contribution is -2.41. The summed E-state index contributed by atoms with van der Waals surface area (Å²) in [6, 6.07) is 8.06. The number of hydrogen-bond acceptors (Lipinski definition) is 2. The number of nitrogens with one attached hydrogen (secondary N) is 1. The molecule has 0 fully saturated rings. The van der Waals surface area contributed by atoms with Crippen LogP contribution in [0.25, 0.3) is 0 Å². The molecule has 0 aliphatic carbocycles. The van der Waals surface area contributed by atoms with Crippen molar-refractivity contribution in [1.82, 2.24) is 10.2 Å². The quantitative estimate of drug-likeness (QED) is 0.719.